The summed E-state index contributed by atoms with van der Waals surface area (Å²) in [5.41, 5.74) is 1.36. The van der Waals surface area contributed by atoms with E-state index in [9.17, 15) is 0 Å². The van der Waals surface area contributed by atoms with Gasteiger partial charge in [-0.3, -0.25) is 0 Å². The molecule has 0 heterocycles. The van der Waals surface area contributed by atoms with Crippen molar-refractivity contribution in [2.75, 3.05) is 6.54 Å². The Morgan fingerprint density at radius 1 is 1.47 bits per heavy atom. The lowest BCUT2D eigenvalue weighted by Gasteiger charge is -2.18. The molecule has 1 rings (SSSR count). The van der Waals surface area contributed by atoms with Gasteiger partial charge < -0.3 is 5.32 Å². The third-order valence-electron chi connectivity index (χ3n) is 2.31. The molecule has 1 nitrogen and oxygen atoms in total. The van der Waals surface area contributed by atoms with Crippen LogP contribution in [0.1, 0.15) is 31.4 Å². The van der Waals surface area contributed by atoms with E-state index in [1.54, 1.807) is 0 Å². The molecule has 0 radical (unpaired) electrons. The minimum Gasteiger partial charge on any atom is -0.310 e. The van der Waals surface area contributed by atoms with Gasteiger partial charge in [-0.1, -0.05) is 25.1 Å². The van der Waals surface area contributed by atoms with Crippen LogP contribution in [0.15, 0.2) is 24.3 Å². The van der Waals surface area contributed by atoms with Gasteiger partial charge in [-0.15, -0.1) is 12.3 Å². The molecule has 1 aromatic carbocycles. The minimum atomic E-state index is 0.388. The average molecular weight is 313 g/mol. The van der Waals surface area contributed by atoms with Gasteiger partial charge in [0, 0.05) is 16.0 Å². The highest BCUT2D eigenvalue weighted by molar-refractivity contribution is 14.1. The average Bonchev–Trinajstić information content (AvgIpc) is 2.25. The van der Waals surface area contributed by atoms with E-state index in [1.807, 2.05) is 0 Å². The molecule has 0 aliphatic heterocycles. The van der Waals surface area contributed by atoms with Crippen molar-refractivity contribution in [3.8, 4) is 12.3 Å². The molecule has 0 amide bonds. The number of terminal acetylenes is 1. The molecule has 0 saturated heterocycles. The number of nitrogens with one attached hydrogen (secondary N) is 1. The summed E-state index contributed by atoms with van der Waals surface area (Å²) in [7, 11) is 0. The quantitative estimate of drug-likeness (QED) is 0.649. The monoisotopic (exact) mass is 313 g/mol. The molecule has 0 fully saturated rings. The normalized spacial score (nSPS) is 12.1. The molecular formula is C13H16IN. The molecule has 0 aliphatic rings. The smallest absolute Gasteiger partial charge is 0.0339 e. The van der Waals surface area contributed by atoms with E-state index < -0.39 is 0 Å². The number of halogens is 1. The number of hydrogen-bond acceptors (Lipinski definition) is 1. The highest BCUT2D eigenvalue weighted by atomic mass is 127. The lowest BCUT2D eigenvalue weighted by Crippen LogP contribution is -2.21. The Bertz CT molecular complexity index is 341. The first kappa shape index (κ1) is 12.5. The van der Waals surface area contributed by atoms with Crippen LogP contribution in [-0.4, -0.2) is 6.54 Å². The van der Waals surface area contributed by atoms with Gasteiger partial charge >= 0.3 is 0 Å². The topological polar surface area (TPSA) is 12.0 Å². The highest BCUT2D eigenvalue weighted by Crippen LogP contribution is 2.23. The van der Waals surface area contributed by atoms with Crippen LogP contribution in [-0.2, 0) is 0 Å². The van der Waals surface area contributed by atoms with E-state index in [2.05, 4.69) is 65.0 Å². The van der Waals surface area contributed by atoms with E-state index in [0.717, 1.165) is 19.4 Å². The minimum absolute atomic E-state index is 0.388. The molecule has 2 heteroatoms. The second-order valence-corrected chi connectivity index (χ2v) is 4.54. The van der Waals surface area contributed by atoms with Gasteiger partial charge in [0.25, 0.3) is 0 Å². The van der Waals surface area contributed by atoms with Crippen molar-refractivity contribution in [2.45, 2.75) is 25.8 Å². The Hall–Kier alpha value is -0.530. The van der Waals surface area contributed by atoms with Gasteiger partial charge in [0.05, 0.1) is 0 Å². The molecule has 1 aromatic rings. The lowest BCUT2D eigenvalue weighted by molar-refractivity contribution is 0.521. The van der Waals surface area contributed by atoms with Crippen LogP contribution in [0.25, 0.3) is 0 Å². The van der Waals surface area contributed by atoms with E-state index in [4.69, 9.17) is 6.42 Å². The molecular weight excluding hydrogens is 297 g/mol. The van der Waals surface area contributed by atoms with Gasteiger partial charge in [0.2, 0.25) is 0 Å². The summed E-state index contributed by atoms with van der Waals surface area (Å²) in [5.74, 6) is 2.70. The molecule has 0 saturated carbocycles. The van der Waals surface area contributed by atoms with E-state index in [-0.39, 0.29) is 0 Å². The number of benzene rings is 1. The predicted octanol–water partition coefficient (Wildman–Crippen LogP) is 3.36. The standard InChI is InChI=1S/C13H16IN/c1-3-5-10-13(15-4-2)11-8-6-7-9-12(11)14/h1,6-9,13,15H,4-5,10H2,2H3. The van der Waals surface area contributed by atoms with E-state index >= 15 is 0 Å². The molecule has 1 N–H and O–H groups in total. The second-order valence-electron chi connectivity index (χ2n) is 3.37. The highest BCUT2D eigenvalue weighted by Gasteiger charge is 2.11. The Balaban J connectivity index is 2.79. The fourth-order valence-electron chi connectivity index (χ4n) is 1.60. The SMILES string of the molecule is C#CCCC(NCC)c1ccccc1I. The summed E-state index contributed by atoms with van der Waals surface area (Å²) in [5, 5.41) is 3.47. The summed E-state index contributed by atoms with van der Waals surface area (Å²) in [4.78, 5) is 0. The van der Waals surface area contributed by atoms with Gasteiger partial charge in [-0.05, 0) is 47.2 Å². The summed E-state index contributed by atoms with van der Waals surface area (Å²) in [6, 6.07) is 8.84. The van der Waals surface area contributed by atoms with Crippen LogP contribution in [0.2, 0.25) is 0 Å². The molecule has 80 valence electrons. The van der Waals surface area contributed by atoms with Crippen LogP contribution >= 0.6 is 22.6 Å². The van der Waals surface area contributed by atoms with Crippen molar-refractivity contribution in [1.82, 2.24) is 5.32 Å². The first-order valence-electron chi connectivity index (χ1n) is 5.20. The van der Waals surface area contributed by atoms with Gasteiger partial charge in [-0.25, -0.2) is 0 Å². The maximum atomic E-state index is 5.31. The van der Waals surface area contributed by atoms with Gasteiger partial charge in [0.15, 0.2) is 0 Å². The van der Waals surface area contributed by atoms with E-state index in [1.165, 1.54) is 9.13 Å². The molecule has 1 atom stereocenters. The Labute approximate surface area is 106 Å². The summed E-state index contributed by atoms with van der Waals surface area (Å²) in [6.45, 7) is 3.10. The second kappa shape index (κ2) is 6.86. The van der Waals surface area contributed by atoms with Crippen LogP contribution < -0.4 is 5.32 Å². The zero-order valence-electron chi connectivity index (χ0n) is 8.96. The van der Waals surface area contributed by atoms with Crippen molar-refractivity contribution in [1.29, 1.82) is 0 Å². The van der Waals surface area contributed by atoms with Crippen molar-refractivity contribution < 1.29 is 0 Å². The maximum Gasteiger partial charge on any atom is 0.0339 e. The first-order valence-corrected chi connectivity index (χ1v) is 6.28. The van der Waals surface area contributed by atoms with Crippen LogP contribution in [0.5, 0.6) is 0 Å². The van der Waals surface area contributed by atoms with Crippen molar-refractivity contribution in [3.05, 3.63) is 33.4 Å². The third kappa shape index (κ3) is 3.84. The van der Waals surface area contributed by atoms with E-state index in [0.29, 0.717) is 6.04 Å². The zero-order valence-corrected chi connectivity index (χ0v) is 11.1. The first-order chi connectivity index (χ1) is 7.29. The summed E-state index contributed by atoms with van der Waals surface area (Å²) < 4.78 is 1.30. The van der Waals surface area contributed by atoms with Crippen molar-refractivity contribution in [3.63, 3.8) is 0 Å². The van der Waals surface area contributed by atoms with Crippen LogP contribution in [0.3, 0.4) is 0 Å². The molecule has 0 aromatic heterocycles. The molecule has 0 bridgehead atoms. The molecule has 0 aliphatic carbocycles. The van der Waals surface area contributed by atoms with Gasteiger partial charge in [0.1, 0.15) is 0 Å². The maximum absolute atomic E-state index is 5.31. The molecule has 15 heavy (non-hydrogen) atoms. The summed E-state index contributed by atoms with van der Waals surface area (Å²) in [6.07, 6.45) is 7.14. The van der Waals surface area contributed by atoms with Crippen molar-refractivity contribution in [2.24, 2.45) is 0 Å². The summed E-state index contributed by atoms with van der Waals surface area (Å²) >= 11 is 2.38. The molecule has 1 unspecified atom stereocenters. The Morgan fingerprint density at radius 3 is 2.80 bits per heavy atom. The third-order valence-corrected chi connectivity index (χ3v) is 3.29. The molecule has 0 spiro atoms. The van der Waals surface area contributed by atoms with Crippen molar-refractivity contribution >= 4 is 22.6 Å². The number of hydrogen-bond donors (Lipinski definition) is 1. The Kier molecular flexibility index (Phi) is 5.74. The Morgan fingerprint density at radius 2 is 2.20 bits per heavy atom. The fourth-order valence-corrected chi connectivity index (χ4v) is 2.36. The van der Waals surface area contributed by atoms with Crippen LogP contribution in [0, 0.1) is 15.9 Å². The zero-order chi connectivity index (χ0) is 11.1. The predicted molar refractivity (Wildman–Crippen MR) is 73.6 cm³/mol. The number of rotatable bonds is 5. The largest absolute Gasteiger partial charge is 0.310 e. The fraction of sp³-hybridized carbons (Fsp3) is 0.385. The lowest BCUT2D eigenvalue weighted by atomic mass is 10.0. The van der Waals surface area contributed by atoms with Gasteiger partial charge in [-0.2, -0.15) is 0 Å². The van der Waals surface area contributed by atoms with Crippen LogP contribution in [0.4, 0.5) is 0 Å².